The Labute approximate surface area is 114 Å². The summed E-state index contributed by atoms with van der Waals surface area (Å²) in [6.07, 6.45) is -1.78. The van der Waals surface area contributed by atoms with E-state index in [1.807, 2.05) is 0 Å². The third kappa shape index (κ3) is 3.14. The third-order valence-electron chi connectivity index (χ3n) is 3.39. The quantitative estimate of drug-likeness (QED) is 0.576. The predicted octanol–water partition coefficient (Wildman–Crippen LogP) is 4.44. The lowest BCUT2D eigenvalue weighted by molar-refractivity contribution is -0.137. The van der Waals surface area contributed by atoms with Gasteiger partial charge in [0.25, 0.3) is 0 Å². The number of benzene rings is 1. The van der Waals surface area contributed by atoms with Crippen LogP contribution in [0.25, 0.3) is 0 Å². The molecule has 1 atom stereocenters. The lowest BCUT2D eigenvalue weighted by atomic mass is 10.0. The van der Waals surface area contributed by atoms with Crippen molar-refractivity contribution >= 4 is 17.3 Å². The van der Waals surface area contributed by atoms with Gasteiger partial charge in [-0.05, 0) is 37.5 Å². The summed E-state index contributed by atoms with van der Waals surface area (Å²) in [5, 5.41) is 0. The lowest BCUT2D eigenvalue weighted by Crippen LogP contribution is -2.41. The van der Waals surface area contributed by atoms with Crippen LogP contribution >= 0.6 is 11.6 Å². The Bertz CT molecular complexity index is 447. The van der Waals surface area contributed by atoms with E-state index >= 15 is 0 Å². The van der Waals surface area contributed by atoms with Crippen molar-refractivity contribution < 1.29 is 17.6 Å². The molecule has 1 aliphatic heterocycles. The first-order valence-electron chi connectivity index (χ1n) is 6.13. The van der Waals surface area contributed by atoms with E-state index in [9.17, 15) is 17.6 Å². The van der Waals surface area contributed by atoms with E-state index < -0.39 is 17.6 Å². The summed E-state index contributed by atoms with van der Waals surface area (Å²) in [6, 6.07) is 2.65. The smallest absolute Gasteiger partial charge is 0.365 e. The van der Waals surface area contributed by atoms with Gasteiger partial charge in [-0.1, -0.05) is 0 Å². The molecule has 1 saturated heterocycles. The van der Waals surface area contributed by atoms with Gasteiger partial charge in [0.1, 0.15) is 5.82 Å². The van der Waals surface area contributed by atoms with Crippen LogP contribution in [0.3, 0.4) is 0 Å². The molecule has 6 heteroatoms. The van der Waals surface area contributed by atoms with Gasteiger partial charge >= 0.3 is 6.18 Å². The normalized spacial score (nSPS) is 20.7. The highest BCUT2D eigenvalue weighted by atomic mass is 35.5. The zero-order valence-electron chi connectivity index (χ0n) is 10.2. The van der Waals surface area contributed by atoms with Crippen molar-refractivity contribution in [2.75, 3.05) is 17.3 Å². The van der Waals surface area contributed by atoms with Crippen molar-refractivity contribution in [1.82, 2.24) is 0 Å². The highest BCUT2D eigenvalue weighted by Crippen LogP contribution is 2.34. The first kappa shape index (κ1) is 14.4. The number of rotatable bonds is 2. The minimum absolute atomic E-state index is 0.0124. The van der Waals surface area contributed by atoms with Gasteiger partial charge in [0, 0.05) is 18.5 Å². The van der Waals surface area contributed by atoms with Gasteiger partial charge < -0.3 is 4.90 Å². The van der Waals surface area contributed by atoms with Crippen LogP contribution in [-0.2, 0) is 6.18 Å². The molecule has 19 heavy (non-hydrogen) atoms. The summed E-state index contributed by atoms with van der Waals surface area (Å²) in [5.41, 5.74) is -0.758. The highest BCUT2D eigenvalue weighted by molar-refractivity contribution is 6.18. The molecule has 1 unspecified atom stereocenters. The Morgan fingerprint density at radius 2 is 2.00 bits per heavy atom. The summed E-state index contributed by atoms with van der Waals surface area (Å²) in [7, 11) is 0. The van der Waals surface area contributed by atoms with E-state index in [4.69, 9.17) is 11.6 Å². The minimum Gasteiger partial charge on any atom is -0.365 e. The number of piperidine rings is 1. The molecular weight excluding hydrogens is 282 g/mol. The summed E-state index contributed by atoms with van der Waals surface area (Å²) < 4.78 is 51.3. The molecule has 0 bridgehead atoms. The van der Waals surface area contributed by atoms with Crippen molar-refractivity contribution in [2.24, 2.45) is 0 Å². The van der Waals surface area contributed by atoms with Crippen molar-refractivity contribution in [3.8, 4) is 0 Å². The summed E-state index contributed by atoms with van der Waals surface area (Å²) >= 11 is 5.84. The van der Waals surface area contributed by atoms with Gasteiger partial charge in [0.15, 0.2) is 0 Å². The van der Waals surface area contributed by atoms with Crippen LogP contribution in [0, 0.1) is 5.82 Å². The number of halogens is 5. The molecule has 1 heterocycles. The Morgan fingerprint density at radius 1 is 1.26 bits per heavy atom. The Kier molecular flexibility index (Phi) is 4.23. The molecule has 1 fully saturated rings. The molecule has 0 aromatic heterocycles. The second-order valence-electron chi connectivity index (χ2n) is 4.66. The highest BCUT2D eigenvalue weighted by Gasteiger charge is 2.32. The molecule has 1 aliphatic rings. The molecule has 0 saturated carbocycles. The fourth-order valence-corrected chi connectivity index (χ4v) is 2.72. The fraction of sp³-hybridized carbons (Fsp3) is 0.538. The second-order valence-corrected chi connectivity index (χ2v) is 4.97. The monoisotopic (exact) mass is 295 g/mol. The topological polar surface area (TPSA) is 3.24 Å². The molecule has 2 rings (SSSR count). The number of alkyl halides is 4. The molecule has 1 aromatic rings. The van der Waals surface area contributed by atoms with Gasteiger partial charge in [0.2, 0.25) is 0 Å². The van der Waals surface area contributed by atoms with Gasteiger partial charge in [0.05, 0.1) is 11.3 Å². The molecule has 0 radical (unpaired) electrons. The summed E-state index contributed by atoms with van der Waals surface area (Å²) in [5.74, 6) is -0.493. The van der Waals surface area contributed by atoms with Gasteiger partial charge in [-0.15, -0.1) is 11.6 Å². The van der Waals surface area contributed by atoms with Crippen molar-refractivity contribution in [1.29, 1.82) is 0 Å². The summed E-state index contributed by atoms with van der Waals surface area (Å²) in [4.78, 5) is 1.77. The van der Waals surface area contributed by atoms with Crippen molar-refractivity contribution in [3.63, 3.8) is 0 Å². The fourth-order valence-electron chi connectivity index (χ4n) is 2.39. The van der Waals surface area contributed by atoms with E-state index in [0.29, 0.717) is 18.5 Å². The molecule has 0 spiro atoms. The van der Waals surface area contributed by atoms with Gasteiger partial charge in [-0.25, -0.2) is 4.39 Å². The van der Waals surface area contributed by atoms with Gasteiger partial charge in [-0.3, -0.25) is 0 Å². The van der Waals surface area contributed by atoms with Crippen molar-refractivity contribution in [3.05, 3.63) is 29.6 Å². The summed E-state index contributed by atoms with van der Waals surface area (Å²) in [6.45, 7) is 0.625. The van der Waals surface area contributed by atoms with Crippen LogP contribution < -0.4 is 4.90 Å². The zero-order chi connectivity index (χ0) is 14.0. The van der Waals surface area contributed by atoms with Crippen LogP contribution in [0.1, 0.15) is 24.8 Å². The number of anilines is 1. The first-order valence-corrected chi connectivity index (χ1v) is 6.66. The third-order valence-corrected chi connectivity index (χ3v) is 3.75. The SMILES string of the molecule is Fc1cc(C(F)(F)F)ccc1N1CCCCC1CCl. The molecular formula is C13H14ClF4N. The molecule has 1 nitrogen and oxygen atoms in total. The predicted molar refractivity (Wildman–Crippen MR) is 67.1 cm³/mol. The van der Waals surface area contributed by atoms with Crippen molar-refractivity contribution in [2.45, 2.75) is 31.5 Å². The second kappa shape index (κ2) is 5.57. The standard InChI is InChI=1S/C13H14ClF4N/c14-8-10-3-1-2-6-19(10)12-5-4-9(7-11(12)15)13(16,17)18/h4-5,7,10H,1-3,6,8H2. The molecule has 0 N–H and O–H groups in total. The van der Waals surface area contributed by atoms with Gasteiger partial charge in [-0.2, -0.15) is 13.2 Å². The maximum atomic E-state index is 13.9. The Morgan fingerprint density at radius 3 is 2.58 bits per heavy atom. The minimum atomic E-state index is -4.52. The van der Waals surface area contributed by atoms with E-state index in [2.05, 4.69) is 0 Å². The number of hydrogen-bond acceptors (Lipinski definition) is 1. The lowest BCUT2D eigenvalue weighted by Gasteiger charge is -2.36. The van der Waals surface area contributed by atoms with Crippen LogP contribution in [0.4, 0.5) is 23.2 Å². The van der Waals surface area contributed by atoms with E-state index in [1.54, 1.807) is 4.90 Å². The van der Waals surface area contributed by atoms with Crippen LogP contribution in [0.15, 0.2) is 18.2 Å². The van der Waals surface area contributed by atoms with E-state index in [0.717, 1.165) is 25.3 Å². The average molecular weight is 296 g/mol. The van der Waals surface area contributed by atoms with E-state index in [1.165, 1.54) is 6.07 Å². The zero-order valence-corrected chi connectivity index (χ0v) is 10.9. The number of nitrogens with zero attached hydrogens (tertiary/aromatic N) is 1. The van der Waals surface area contributed by atoms with E-state index in [-0.39, 0.29) is 11.7 Å². The Balaban J connectivity index is 2.30. The molecule has 106 valence electrons. The molecule has 0 amide bonds. The van der Waals surface area contributed by atoms with Crippen LogP contribution in [0.5, 0.6) is 0 Å². The largest absolute Gasteiger partial charge is 0.416 e. The first-order chi connectivity index (χ1) is 8.93. The average Bonchev–Trinajstić information content (AvgIpc) is 2.37. The molecule has 1 aromatic carbocycles. The molecule has 0 aliphatic carbocycles. The Hall–Kier alpha value is -0.970. The van der Waals surface area contributed by atoms with Crippen LogP contribution in [-0.4, -0.2) is 18.5 Å². The maximum absolute atomic E-state index is 13.9. The van der Waals surface area contributed by atoms with Crippen LogP contribution in [0.2, 0.25) is 0 Å². The maximum Gasteiger partial charge on any atom is 0.416 e. The number of hydrogen-bond donors (Lipinski definition) is 0.